The minimum atomic E-state index is -0.759. The largest absolute Gasteiger partial charge is 0.465 e. The van der Waals surface area contributed by atoms with Gasteiger partial charge in [-0.05, 0) is 100 Å². The van der Waals surface area contributed by atoms with Gasteiger partial charge in [0.2, 0.25) is 5.91 Å². The van der Waals surface area contributed by atoms with E-state index in [4.69, 9.17) is 10.5 Å². The number of nitrogen functional groups attached to an aromatic ring is 1. The predicted octanol–water partition coefficient (Wildman–Crippen LogP) is 4.14. The first kappa shape index (κ1) is 38.3. The number of fused-ring (bicyclic) bond motifs is 1. The molecule has 1 atom stereocenters. The van der Waals surface area contributed by atoms with Crippen LogP contribution in [0, 0.1) is 0 Å². The number of amides is 5. The molecule has 0 saturated carbocycles. The van der Waals surface area contributed by atoms with Gasteiger partial charge in [-0.2, -0.15) is 0 Å². The Morgan fingerprint density at radius 3 is 2.21 bits per heavy atom. The topological polar surface area (TPSA) is 144 Å². The number of esters is 1. The number of piperidine rings is 2. The lowest BCUT2D eigenvalue weighted by molar-refractivity contribution is -0.145. The fourth-order valence-corrected chi connectivity index (χ4v) is 9.18. The SMILES string of the molecule is CCOC(=O)CN1CCN(C2CCN(C(=O)[C@@H](Cc3cc(Br)c(N)c(Br)c3)NC(=O)N3CCC(N4CCc5ccccc5NC4=O)CC3)CC2)CC1. The van der Waals surface area contributed by atoms with Crippen LogP contribution in [0.5, 0.6) is 0 Å². The number of benzene rings is 2. The highest BCUT2D eigenvalue weighted by Gasteiger charge is 2.35. The third-order valence-electron chi connectivity index (χ3n) is 10.9. The molecule has 15 heteroatoms. The van der Waals surface area contributed by atoms with Crippen molar-refractivity contribution in [3.8, 4) is 0 Å². The van der Waals surface area contributed by atoms with Crippen molar-refractivity contribution in [1.82, 2.24) is 29.8 Å². The molecule has 0 radical (unpaired) electrons. The first-order valence-electron chi connectivity index (χ1n) is 18.4. The molecule has 6 rings (SSSR count). The molecule has 4 heterocycles. The molecule has 2 aromatic carbocycles. The number of ether oxygens (including phenoxy) is 1. The average Bonchev–Trinajstić information content (AvgIpc) is 3.31. The van der Waals surface area contributed by atoms with Gasteiger partial charge >= 0.3 is 18.0 Å². The number of rotatable bonds is 9. The number of halogens is 2. The Balaban J connectivity index is 1.05. The van der Waals surface area contributed by atoms with Crippen LogP contribution in [-0.2, 0) is 27.2 Å². The van der Waals surface area contributed by atoms with Gasteiger partial charge in [0.05, 0.1) is 18.8 Å². The second-order valence-electron chi connectivity index (χ2n) is 14.1. The predicted molar refractivity (Wildman–Crippen MR) is 207 cm³/mol. The molecule has 0 unspecified atom stereocenters. The maximum atomic E-state index is 14.2. The van der Waals surface area contributed by atoms with E-state index in [0.717, 1.165) is 71.2 Å². The van der Waals surface area contributed by atoms with Crippen LogP contribution in [0.15, 0.2) is 45.3 Å². The fraction of sp³-hybridized carbons (Fsp3) is 0.568. The fourth-order valence-electron chi connectivity index (χ4n) is 7.90. The van der Waals surface area contributed by atoms with Crippen LogP contribution in [0.1, 0.15) is 43.7 Å². The molecular formula is C37H50Br2N8O5. The van der Waals surface area contributed by atoms with E-state index in [1.54, 1.807) is 4.90 Å². The molecule has 5 amide bonds. The van der Waals surface area contributed by atoms with Crippen LogP contribution in [0.25, 0.3) is 0 Å². The number of piperazine rings is 1. The molecule has 13 nitrogen and oxygen atoms in total. The number of hydrogen-bond donors (Lipinski definition) is 3. The molecule has 0 spiro atoms. The Hall–Kier alpha value is -3.40. The average molecular weight is 847 g/mol. The number of para-hydroxylation sites is 1. The highest BCUT2D eigenvalue weighted by molar-refractivity contribution is 9.11. The number of anilines is 2. The maximum Gasteiger partial charge on any atom is 0.322 e. The van der Waals surface area contributed by atoms with E-state index in [-0.39, 0.29) is 30.0 Å². The lowest BCUT2D eigenvalue weighted by atomic mass is 9.99. The van der Waals surface area contributed by atoms with Gasteiger partial charge in [0, 0.05) is 92.0 Å². The van der Waals surface area contributed by atoms with E-state index in [0.29, 0.717) is 76.9 Å². The number of carbonyl (C=O) groups excluding carboxylic acids is 4. The van der Waals surface area contributed by atoms with Crippen LogP contribution in [0.2, 0.25) is 0 Å². The second kappa shape index (κ2) is 17.6. The number of likely N-dealkylation sites (tertiary alicyclic amines) is 2. The van der Waals surface area contributed by atoms with Crippen molar-refractivity contribution < 1.29 is 23.9 Å². The Bertz CT molecular complexity index is 1580. The van der Waals surface area contributed by atoms with Crippen molar-refractivity contribution in [1.29, 1.82) is 0 Å². The van der Waals surface area contributed by atoms with Crippen molar-refractivity contribution in [3.63, 3.8) is 0 Å². The van der Waals surface area contributed by atoms with E-state index in [1.807, 2.05) is 53.1 Å². The Morgan fingerprint density at radius 2 is 1.54 bits per heavy atom. The Labute approximate surface area is 322 Å². The quantitative estimate of drug-likeness (QED) is 0.253. The normalized spacial score (nSPS) is 20.1. The molecule has 0 bridgehead atoms. The van der Waals surface area contributed by atoms with Gasteiger partial charge in [-0.25, -0.2) is 9.59 Å². The van der Waals surface area contributed by atoms with Gasteiger partial charge in [-0.15, -0.1) is 0 Å². The van der Waals surface area contributed by atoms with Crippen LogP contribution in [0.3, 0.4) is 0 Å². The minimum absolute atomic E-state index is 0.0297. The molecule has 0 aromatic heterocycles. The number of nitrogens with zero attached hydrogens (tertiary/aromatic N) is 5. The summed E-state index contributed by atoms with van der Waals surface area (Å²) in [6.07, 6.45) is 4.13. The maximum absolute atomic E-state index is 14.2. The summed E-state index contributed by atoms with van der Waals surface area (Å²) in [5.74, 6) is -0.271. The minimum Gasteiger partial charge on any atom is -0.465 e. The summed E-state index contributed by atoms with van der Waals surface area (Å²) in [6.45, 7) is 8.77. The second-order valence-corrected chi connectivity index (χ2v) is 15.8. The highest BCUT2D eigenvalue weighted by atomic mass is 79.9. The zero-order chi connectivity index (χ0) is 36.8. The Kier molecular flexibility index (Phi) is 13.0. The summed E-state index contributed by atoms with van der Waals surface area (Å²) in [6, 6.07) is 11.0. The molecule has 52 heavy (non-hydrogen) atoms. The van der Waals surface area contributed by atoms with E-state index < -0.39 is 6.04 Å². The van der Waals surface area contributed by atoms with Crippen LogP contribution in [-0.4, -0.2) is 139 Å². The van der Waals surface area contributed by atoms with Gasteiger partial charge < -0.3 is 35.8 Å². The van der Waals surface area contributed by atoms with E-state index in [2.05, 4.69) is 52.3 Å². The smallest absolute Gasteiger partial charge is 0.322 e. The standard InChI is InChI=1S/C37H50Br2N8O5/c1-2-52-33(48)24-43-17-19-44(20-18-43)27-8-12-45(13-9-27)35(49)32(23-25-21-29(38)34(40)30(39)22-25)42-36(50)46-14-10-28(11-15-46)47-16-7-26-5-3-4-6-31(26)41-37(47)51/h3-6,21-22,27-28,32H,2,7-20,23-24,40H2,1H3,(H,41,51)(H,42,50)/t32-/m1/s1. The number of urea groups is 2. The molecule has 282 valence electrons. The number of nitrogens with one attached hydrogen (secondary N) is 2. The molecule has 3 fully saturated rings. The molecular weight excluding hydrogens is 796 g/mol. The molecule has 4 aliphatic rings. The number of hydrogen-bond acceptors (Lipinski definition) is 8. The molecule has 4 aliphatic heterocycles. The van der Waals surface area contributed by atoms with E-state index in [9.17, 15) is 19.2 Å². The van der Waals surface area contributed by atoms with E-state index in [1.165, 1.54) is 0 Å². The monoisotopic (exact) mass is 844 g/mol. The summed E-state index contributed by atoms with van der Waals surface area (Å²) in [7, 11) is 0. The number of nitrogens with two attached hydrogens (primary N) is 1. The van der Waals surface area contributed by atoms with Gasteiger partial charge in [0.15, 0.2) is 0 Å². The van der Waals surface area contributed by atoms with Gasteiger partial charge in [-0.3, -0.25) is 19.4 Å². The summed E-state index contributed by atoms with van der Waals surface area (Å²) >= 11 is 7.06. The summed E-state index contributed by atoms with van der Waals surface area (Å²) in [5.41, 5.74) is 9.58. The lowest BCUT2D eigenvalue weighted by Crippen LogP contribution is -2.58. The van der Waals surface area contributed by atoms with Gasteiger partial charge in [0.25, 0.3) is 0 Å². The van der Waals surface area contributed by atoms with Crippen molar-refractivity contribution in [2.24, 2.45) is 0 Å². The van der Waals surface area contributed by atoms with E-state index >= 15 is 0 Å². The summed E-state index contributed by atoms with van der Waals surface area (Å²) in [4.78, 5) is 63.2. The zero-order valence-corrected chi connectivity index (χ0v) is 33.0. The zero-order valence-electron chi connectivity index (χ0n) is 29.8. The number of carbonyl (C=O) groups is 4. The third-order valence-corrected chi connectivity index (χ3v) is 12.2. The van der Waals surface area contributed by atoms with Crippen LogP contribution in [0.4, 0.5) is 21.0 Å². The van der Waals surface area contributed by atoms with Crippen LogP contribution >= 0.6 is 31.9 Å². The summed E-state index contributed by atoms with van der Waals surface area (Å²) < 4.78 is 6.56. The highest BCUT2D eigenvalue weighted by Crippen LogP contribution is 2.31. The third kappa shape index (κ3) is 9.39. The van der Waals surface area contributed by atoms with Crippen molar-refractivity contribution in [3.05, 3.63) is 56.5 Å². The molecule has 0 aliphatic carbocycles. The molecule has 2 aromatic rings. The van der Waals surface area contributed by atoms with Crippen LogP contribution < -0.4 is 16.4 Å². The van der Waals surface area contributed by atoms with Crippen molar-refractivity contribution in [2.75, 3.05) is 83.1 Å². The molecule has 4 N–H and O–H groups in total. The molecule has 3 saturated heterocycles. The van der Waals surface area contributed by atoms with Crippen molar-refractivity contribution >= 4 is 67.2 Å². The first-order valence-corrected chi connectivity index (χ1v) is 20.0. The first-order chi connectivity index (χ1) is 25.1. The van der Waals surface area contributed by atoms with Gasteiger partial charge in [-0.1, -0.05) is 18.2 Å². The Morgan fingerprint density at radius 1 is 0.904 bits per heavy atom. The summed E-state index contributed by atoms with van der Waals surface area (Å²) in [5, 5.41) is 6.16. The van der Waals surface area contributed by atoms with Gasteiger partial charge in [0.1, 0.15) is 6.04 Å². The lowest BCUT2D eigenvalue weighted by Gasteiger charge is -2.43. The van der Waals surface area contributed by atoms with Crippen molar-refractivity contribution in [2.45, 2.75) is 63.6 Å².